The van der Waals surface area contributed by atoms with Crippen LogP contribution in [0.4, 0.5) is 5.95 Å². The van der Waals surface area contributed by atoms with Gasteiger partial charge in [-0.25, -0.2) is 23.1 Å². The zero-order valence-corrected chi connectivity index (χ0v) is 15.3. The lowest BCUT2D eigenvalue weighted by atomic mass is 10.1. The minimum absolute atomic E-state index is 0.0460. The zero-order chi connectivity index (χ0) is 18.7. The number of nitrogens with one attached hydrogen (secondary N) is 1. The number of hydrogen-bond donors (Lipinski definition) is 2. The lowest BCUT2D eigenvalue weighted by molar-refractivity contribution is -0.132. The molecule has 0 radical (unpaired) electrons. The van der Waals surface area contributed by atoms with Gasteiger partial charge in [0.05, 0.1) is 17.1 Å². The zero-order valence-electron chi connectivity index (χ0n) is 14.5. The number of nitrogen functional groups attached to an aromatic ring is 1. The number of aromatic nitrogens is 2. The average molecular weight is 375 g/mol. The molecule has 1 aromatic carbocycles. The number of carbonyl (C=O) groups excluding carboxylic acids is 1. The van der Waals surface area contributed by atoms with E-state index in [1.807, 2.05) is 13.0 Å². The third-order valence-corrected chi connectivity index (χ3v) is 5.71. The number of nitrogens with zero attached hydrogens (tertiary/aromatic N) is 3. The molecule has 0 saturated heterocycles. The van der Waals surface area contributed by atoms with Crippen molar-refractivity contribution in [3.05, 3.63) is 47.3 Å². The Hall–Kier alpha value is -2.52. The van der Waals surface area contributed by atoms with Crippen LogP contribution in [0.5, 0.6) is 0 Å². The highest BCUT2D eigenvalue weighted by Crippen LogP contribution is 2.17. The molecule has 9 heteroatoms. The number of rotatable bonds is 5. The third kappa shape index (κ3) is 4.17. The molecule has 0 unspecified atom stereocenters. The van der Waals surface area contributed by atoms with Crippen molar-refractivity contribution in [1.82, 2.24) is 19.6 Å². The van der Waals surface area contributed by atoms with E-state index in [4.69, 9.17) is 5.73 Å². The number of anilines is 1. The molecule has 1 aliphatic heterocycles. The number of amides is 1. The first-order chi connectivity index (χ1) is 12.3. The van der Waals surface area contributed by atoms with Crippen LogP contribution in [0.25, 0.3) is 0 Å². The van der Waals surface area contributed by atoms with E-state index in [0.29, 0.717) is 19.5 Å². The van der Waals surface area contributed by atoms with Crippen molar-refractivity contribution in [3.63, 3.8) is 0 Å². The van der Waals surface area contributed by atoms with E-state index in [2.05, 4.69) is 14.7 Å². The fourth-order valence-electron chi connectivity index (χ4n) is 2.85. The number of fused-ring (bicyclic) bond motifs is 1. The molecule has 138 valence electrons. The Balaban J connectivity index is 1.56. The third-order valence-electron chi connectivity index (χ3n) is 4.25. The molecule has 1 amide bonds. The van der Waals surface area contributed by atoms with Crippen molar-refractivity contribution in [2.24, 2.45) is 0 Å². The number of aryl methyl sites for hydroxylation is 1. The average Bonchev–Trinajstić information content (AvgIpc) is 2.60. The van der Waals surface area contributed by atoms with Crippen LogP contribution < -0.4 is 10.5 Å². The van der Waals surface area contributed by atoms with Gasteiger partial charge < -0.3 is 10.6 Å². The maximum absolute atomic E-state index is 12.4. The Labute approximate surface area is 152 Å². The first kappa shape index (κ1) is 18.3. The predicted octanol–water partition coefficient (Wildman–Crippen LogP) is 0.621. The van der Waals surface area contributed by atoms with E-state index in [1.54, 1.807) is 23.2 Å². The van der Waals surface area contributed by atoms with E-state index in [-0.39, 0.29) is 29.7 Å². The minimum atomic E-state index is -3.62. The van der Waals surface area contributed by atoms with Crippen molar-refractivity contribution in [2.45, 2.75) is 31.2 Å². The van der Waals surface area contributed by atoms with Gasteiger partial charge in [0.25, 0.3) is 0 Å². The molecular weight excluding hydrogens is 354 g/mol. The maximum atomic E-state index is 12.4. The maximum Gasteiger partial charge on any atom is 0.240 e. The normalized spacial score (nSPS) is 14.1. The number of sulfonamides is 1. The largest absolute Gasteiger partial charge is 0.368 e. The Morgan fingerprint density at radius 3 is 2.96 bits per heavy atom. The summed E-state index contributed by atoms with van der Waals surface area (Å²) in [5.41, 5.74) is 8.19. The quantitative estimate of drug-likeness (QED) is 0.791. The summed E-state index contributed by atoms with van der Waals surface area (Å²) in [5.74, 6) is 0.0590. The highest BCUT2D eigenvalue weighted by Gasteiger charge is 2.22. The van der Waals surface area contributed by atoms with Gasteiger partial charge in [0.1, 0.15) is 0 Å². The molecule has 0 atom stereocenters. The summed E-state index contributed by atoms with van der Waals surface area (Å²) in [7, 11) is -3.62. The Kier molecular flexibility index (Phi) is 5.19. The molecule has 0 saturated carbocycles. The topological polar surface area (TPSA) is 118 Å². The van der Waals surface area contributed by atoms with Crippen molar-refractivity contribution < 1.29 is 13.2 Å². The fourth-order valence-corrected chi connectivity index (χ4v) is 3.98. The molecule has 26 heavy (non-hydrogen) atoms. The molecule has 0 spiro atoms. The van der Waals surface area contributed by atoms with Gasteiger partial charge in [-0.1, -0.05) is 12.1 Å². The summed E-state index contributed by atoms with van der Waals surface area (Å²) in [6, 6.07) is 6.64. The molecule has 0 fully saturated rings. The van der Waals surface area contributed by atoms with Crippen LogP contribution in [0.15, 0.2) is 35.4 Å². The number of nitrogens with two attached hydrogens (primary N) is 1. The van der Waals surface area contributed by atoms with E-state index in [9.17, 15) is 13.2 Å². The first-order valence-electron chi connectivity index (χ1n) is 8.29. The molecule has 0 bridgehead atoms. The van der Waals surface area contributed by atoms with E-state index in [0.717, 1.165) is 16.8 Å². The molecule has 1 aromatic heterocycles. The summed E-state index contributed by atoms with van der Waals surface area (Å²) in [6.07, 6.45) is 2.44. The van der Waals surface area contributed by atoms with E-state index < -0.39 is 10.0 Å². The lowest BCUT2D eigenvalue weighted by Crippen LogP contribution is -2.38. The SMILES string of the molecule is Cc1cccc(S(=O)(=O)NCCC(=O)N2CCc3cnc(N)nc3C2)c1. The molecule has 3 N–H and O–H groups in total. The molecule has 3 rings (SSSR count). The molecular formula is C17H21N5O3S. The molecule has 2 aromatic rings. The summed E-state index contributed by atoms with van der Waals surface area (Å²) >= 11 is 0. The lowest BCUT2D eigenvalue weighted by Gasteiger charge is -2.28. The van der Waals surface area contributed by atoms with E-state index >= 15 is 0 Å². The van der Waals surface area contributed by atoms with Gasteiger partial charge in [-0.3, -0.25) is 4.79 Å². The van der Waals surface area contributed by atoms with Crippen molar-refractivity contribution in [2.75, 3.05) is 18.8 Å². The van der Waals surface area contributed by atoms with Gasteiger partial charge in [0.15, 0.2) is 0 Å². The second-order valence-electron chi connectivity index (χ2n) is 6.23. The molecule has 0 aliphatic carbocycles. The molecule has 1 aliphatic rings. The van der Waals surface area contributed by atoms with Gasteiger partial charge in [-0.2, -0.15) is 0 Å². The first-order valence-corrected chi connectivity index (χ1v) is 9.78. The second kappa shape index (κ2) is 7.38. The highest BCUT2D eigenvalue weighted by atomic mass is 32.2. The van der Waals surface area contributed by atoms with Crippen LogP contribution in [-0.4, -0.2) is 42.3 Å². The Morgan fingerprint density at radius 1 is 1.38 bits per heavy atom. The smallest absolute Gasteiger partial charge is 0.240 e. The monoisotopic (exact) mass is 375 g/mol. The Bertz CT molecular complexity index is 930. The molecule has 2 heterocycles. The van der Waals surface area contributed by atoms with Crippen molar-refractivity contribution in [3.8, 4) is 0 Å². The fraction of sp³-hybridized carbons (Fsp3) is 0.353. The van der Waals surface area contributed by atoms with Gasteiger partial charge in [0, 0.05) is 25.7 Å². The highest BCUT2D eigenvalue weighted by molar-refractivity contribution is 7.89. The van der Waals surface area contributed by atoms with Crippen LogP contribution in [0.2, 0.25) is 0 Å². The van der Waals surface area contributed by atoms with Gasteiger partial charge in [0.2, 0.25) is 21.9 Å². The summed E-state index contributed by atoms with van der Waals surface area (Å²) in [6.45, 7) is 2.80. The van der Waals surface area contributed by atoms with Gasteiger partial charge in [-0.15, -0.1) is 0 Å². The summed E-state index contributed by atoms with van der Waals surface area (Å²) in [5, 5.41) is 0. The van der Waals surface area contributed by atoms with Crippen molar-refractivity contribution in [1.29, 1.82) is 0 Å². The van der Waals surface area contributed by atoms with Gasteiger partial charge in [-0.05, 0) is 36.6 Å². The molecule has 8 nitrogen and oxygen atoms in total. The summed E-state index contributed by atoms with van der Waals surface area (Å²) < 4.78 is 27.0. The number of carbonyl (C=O) groups is 1. The van der Waals surface area contributed by atoms with Crippen LogP contribution >= 0.6 is 0 Å². The number of hydrogen-bond acceptors (Lipinski definition) is 6. The van der Waals surface area contributed by atoms with Crippen LogP contribution in [0.3, 0.4) is 0 Å². The van der Waals surface area contributed by atoms with E-state index in [1.165, 1.54) is 6.07 Å². The van der Waals surface area contributed by atoms with Gasteiger partial charge >= 0.3 is 0 Å². The standard InChI is InChI=1S/C17H21N5O3S/c1-12-3-2-4-14(9-12)26(24,25)20-7-5-16(23)22-8-6-13-10-19-17(18)21-15(13)11-22/h2-4,9-10,20H,5-8,11H2,1H3,(H2,18,19,21). The van der Waals surface area contributed by atoms with Crippen LogP contribution in [0.1, 0.15) is 23.2 Å². The predicted molar refractivity (Wildman–Crippen MR) is 96.5 cm³/mol. The van der Waals surface area contributed by atoms with Crippen LogP contribution in [-0.2, 0) is 27.8 Å². The number of benzene rings is 1. The van der Waals surface area contributed by atoms with Crippen LogP contribution in [0, 0.1) is 6.92 Å². The van der Waals surface area contributed by atoms with Crippen molar-refractivity contribution >= 4 is 21.9 Å². The second-order valence-corrected chi connectivity index (χ2v) is 8.00. The summed E-state index contributed by atoms with van der Waals surface area (Å²) in [4.78, 5) is 22.4. The minimum Gasteiger partial charge on any atom is -0.368 e. The Morgan fingerprint density at radius 2 is 2.19 bits per heavy atom.